The number of aromatic nitrogens is 4. The minimum Gasteiger partial charge on any atom is -0.493 e. The molecule has 0 saturated carbocycles. The van der Waals surface area contributed by atoms with Gasteiger partial charge in [-0.25, -0.2) is 4.68 Å². The summed E-state index contributed by atoms with van der Waals surface area (Å²) in [5.74, 6) is 1.47. The van der Waals surface area contributed by atoms with Gasteiger partial charge in [0.25, 0.3) is 0 Å². The fourth-order valence-electron chi connectivity index (χ4n) is 3.24. The average Bonchev–Trinajstić information content (AvgIpc) is 3.31. The van der Waals surface area contributed by atoms with Gasteiger partial charge in [0.1, 0.15) is 13.2 Å². The lowest BCUT2D eigenvalue weighted by molar-refractivity contribution is 0.0903. The molecule has 4 rings (SSSR count). The number of benzene rings is 3. The highest BCUT2D eigenvalue weighted by atomic mass is 16.5. The van der Waals surface area contributed by atoms with Crippen LogP contribution in [-0.2, 0) is 13.2 Å². The van der Waals surface area contributed by atoms with Crippen LogP contribution in [0.2, 0.25) is 0 Å². The number of carbonyl (C=O) groups is 1. The van der Waals surface area contributed by atoms with Crippen molar-refractivity contribution in [1.29, 1.82) is 0 Å². The second kappa shape index (κ2) is 9.84. The van der Waals surface area contributed by atoms with Gasteiger partial charge in [-0.1, -0.05) is 54.6 Å². The Morgan fingerprint density at radius 3 is 2.47 bits per heavy atom. The molecule has 0 aliphatic carbocycles. The first-order valence-corrected chi connectivity index (χ1v) is 10.0. The van der Waals surface area contributed by atoms with Crippen molar-refractivity contribution >= 4 is 5.78 Å². The Morgan fingerprint density at radius 1 is 0.969 bits per heavy atom. The van der Waals surface area contributed by atoms with E-state index in [9.17, 15) is 4.79 Å². The minimum atomic E-state index is -0.511. The van der Waals surface area contributed by atoms with Crippen LogP contribution in [0.4, 0.5) is 0 Å². The lowest BCUT2D eigenvalue weighted by Gasteiger charge is -2.12. The van der Waals surface area contributed by atoms with E-state index < -0.39 is 6.61 Å². The smallest absolute Gasteiger partial charge is 0.188 e. The number of aliphatic hydroxyl groups is 1. The molecule has 0 bridgehead atoms. The third kappa shape index (κ3) is 4.81. The molecule has 0 saturated heterocycles. The third-order valence-electron chi connectivity index (χ3n) is 4.94. The van der Waals surface area contributed by atoms with Crippen LogP contribution in [0.5, 0.6) is 11.5 Å². The summed E-state index contributed by atoms with van der Waals surface area (Å²) in [4.78, 5) is 11.6. The number of tetrazole rings is 1. The van der Waals surface area contributed by atoms with Gasteiger partial charge in [0.05, 0.1) is 13.7 Å². The van der Waals surface area contributed by atoms with Gasteiger partial charge in [0.15, 0.2) is 23.1 Å². The molecule has 1 N–H and O–H groups in total. The Kier molecular flexibility index (Phi) is 6.52. The maximum Gasteiger partial charge on any atom is 0.188 e. The first kappa shape index (κ1) is 21.2. The van der Waals surface area contributed by atoms with Gasteiger partial charge >= 0.3 is 0 Å². The van der Waals surface area contributed by atoms with E-state index in [4.69, 9.17) is 14.6 Å². The van der Waals surface area contributed by atoms with E-state index >= 15 is 0 Å². The van der Waals surface area contributed by atoms with Crippen molar-refractivity contribution in [3.05, 3.63) is 89.5 Å². The van der Waals surface area contributed by atoms with Crippen LogP contribution in [0.25, 0.3) is 11.4 Å². The summed E-state index contributed by atoms with van der Waals surface area (Å²) in [6.07, 6.45) is 0. The number of hydrogen-bond acceptors (Lipinski definition) is 7. The normalized spacial score (nSPS) is 10.7. The zero-order chi connectivity index (χ0) is 22.3. The molecule has 0 aliphatic heterocycles. The molecular weight excluding hydrogens is 408 g/mol. The third-order valence-corrected chi connectivity index (χ3v) is 4.94. The predicted octanol–water partition coefficient (Wildman–Crippen LogP) is 3.15. The molecular formula is C24H22N4O4. The Bertz CT molecular complexity index is 1190. The van der Waals surface area contributed by atoms with Gasteiger partial charge in [-0.05, 0) is 39.8 Å². The molecule has 0 unspecified atom stereocenters. The lowest BCUT2D eigenvalue weighted by atomic mass is 10.1. The van der Waals surface area contributed by atoms with Crippen LogP contribution < -0.4 is 9.47 Å². The molecule has 0 amide bonds. The number of hydrogen-bond donors (Lipinski definition) is 1. The minimum absolute atomic E-state index is 0.319. The average molecular weight is 430 g/mol. The summed E-state index contributed by atoms with van der Waals surface area (Å²) < 4.78 is 13.1. The number of Topliss-reactive ketones (excluding diaryl/α,β-unsaturated/α-hetero) is 1. The molecule has 32 heavy (non-hydrogen) atoms. The molecule has 0 fully saturated rings. The second-order valence-corrected chi connectivity index (χ2v) is 7.08. The zero-order valence-electron chi connectivity index (χ0n) is 17.5. The van der Waals surface area contributed by atoms with Crippen LogP contribution in [0.1, 0.15) is 21.5 Å². The van der Waals surface area contributed by atoms with Crippen molar-refractivity contribution in [3.63, 3.8) is 0 Å². The Balaban J connectivity index is 1.55. The van der Waals surface area contributed by atoms with Gasteiger partial charge in [-0.3, -0.25) is 4.79 Å². The monoisotopic (exact) mass is 430 g/mol. The highest BCUT2D eigenvalue weighted by Crippen LogP contribution is 2.32. The van der Waals surface area contributed by atoms with Crippen molar-refractivity contribution in [1.82, 2.24) is 20.2 Å². The van der Waals surface area contributed by atoms with E-state index in [0.717, 1.165) is 16.7 Å². The summed E-state index contributed by atoms with van der Waals surface area (Å²) in [6, 6.07) is 22.4. The first-order chi connectivity index (χ1) is 15.7. The number of carbonyl (C=O) groups excluding carboxylic acids is 1. The van der Waals surface area contributed by atoms with Crippen LogP contribution >= 0.6 is 0 Å². The number of ketones is 1. The van der Waals surface area contributed by atoms with Gasteiger partial charge in [0, 0.05) is 11.1 Å². The largest absolute Gasteiger partial charge is 0.493 e. The number of nitrogens with zero attached hydrogens (tertiary/aromatic N) is 4. The molecule has 8 nitrogen and oxygen atoms in total. The van der Waals surface area contributed by atoms with Crippen molar-refractivity contribution in [2.24, 2.45) is 0 Å². The zero-order valence-corrected chi connectivity index (χ0v) is 17.5. The van der Waals surface area contributed by atoms with Crippen molar-refractivity contribution in [2.75, 3.05) is 13.7 Å². The van der Waals surface area contributed by atoms with Crippen molar-refractivity contribution < 1.29 is 19.4 Å². The molecule has 1 aromatic heterocycles. The molecule has 4 aromatic rings. The molecule has 0 aliphatic rings. The second-order valence-electron chi connectivity index (χ2n) is 7.08. The molecule has 0 spiro atoms. The van der Waals surface area contributed by atoms with E-state index in [-0.39, 0.29) is 5.78 Å². The van der Waals surface area contributed by atoms with Gasteiger partial charge < -0.3 is 14.6 Å². The van der Waals surface area contributed by atoms with E-state index in [1.165, 1.54) is 0 Å². The highest BCUT2D eigenvalue weighted by molar-refractivity contribution is 5.96. The number of methoxy groups -OCH3 is 1. The summed E-state index contributed by atoms with van der Waals surface area (Å²) in [5.41, 5.74) is 3.21. The summed E-state index contributed by atoms with van der Waals surface area (Å²) in [5, 5.41) is 21.1. The maximum absolute atomic E-state index is 11.6. The number of rotatable bonds is 9. The van der Waals surface area contributed by atoms with Crippen molar-refractivity contribution in [2.45, 2.75) is 13.2 Å². The topological polar surface area (TPSA) is 99.4 Å². The Labute approximate surface area is 185 Å². The molecule has 3 aromatic carbocycles. The molecule has 0 atom stereocenters. The Morgan fingerprint density at radius 2 is 1.75 bits per heavy atom. The van der Waals surface area contributed by atoms with E-state index in [0.29, 0.717) is 36.0 Å². The summed E-state index contributed by atoms with van der Waals surface area (Å²) in [7, 11) is 1.60. The van der Waals surface area contributed by atoms with E-state index in [2.05, 4.69) is 15.5 Å². The molecule has 8 heteroatoms. The fraction of sp³-hybridized carbons (Fsp3) is 0.167. The van der Waals surface area contributed by atoms with Crippen LogP contribution in [0, 0.1) is 0 Å². The summed E-state index contributed by atoms with van der Waals surface area (Å²) >= 11 is 0. The molecule has 0 radical (unpaired) electrons. The number of aliphatic hydroxyl groups excluding tert-OH is 1. The maximum atomic E-state index is 11.6. The van der Waals surface area contributed by atoms with E-state index in [1.807, 2.05) is 60.7 Å². The van der Waals surface area contributed by atoms with Crippen LogP contribution in [0.15, 0.2) is 72.8 Å². The SMILES string of the molecule is COc1ccc(-c2nnnn2Cc2ccc(C(=O)CO)cc2)cc1OCc1ccccc1. The Hall–Kier alpha value is -4.04. The first-order valence-electron chi connectivity index (χ1n) is 10.0. The standard InChI is InChI=1S/C24H22N4O4/c1-31-22-12-11-20(13-23(22)32-16-18-5-3-2-4-6-18)24-25-26-27-28(24)14-17-7-9-19(10-8-17)21(30)15-29/h2-13,29H,14-16H2,1H3. The quantitative estimate of drug-likeness (QED) is 0.407. The molecule has 1 heterocycles. The van der Waals surface area contributed by atoms with Gasteiger partial charge in [0.2, 0.25) is 0 Å². The van der Waals surface area contributed by atoms with E-state index in [1.54, 1.807) is 23.9 Å². The number of ether oxygens (including phenoxy) is 2. The van der Waals surface area contributed by atoms with Crippen LogP contribution in [0.3, 0.4) is 0 Å². The highest BCUT2D eigenvalue weighted by Gasteiger charge is 2.14. The van der Waals surface area contributed by atoms with Gasteiger partial charge in [-0.15, -0.1) is 5.10 Å². The van der Waals surface area contributed by atoms with Crippen LogP contribution in [-0.4, -0.2) is 44.8 Å². The summed E-state index contributed by atoms with van der Waals surface area (Å²) in [6.45, 7) is 0.315. The van der Waals surface area contributed by atoms with Gasteiger partial charge in [-0.2, -0.15) is 0 Å². The van der Waals surface area contributed by atoms with Crippen molar-refractivity contribution in [3.8, 4) is 22.9 Å². The predicted molar refractivity (Wildman–Crippen MR) is 118 cm³/mol. The fourth-order valence-corrected chi connectivity index (χ4v) is 3.24. The lowest BCUT2D eigenvalue weighted by Crippen LogP contribution is -2.07. The molecule has 162 valence electrons.